The van der Waals surface area contributed by atoms with Crippen LogP contribution in [0.15, 0.2) is 24.3 Å². The van der Waals surface area contributed by atoms with Crippen molar-refractivity contribution in [1.29, 1.82) is 0 Å². The highest BCUT2D eigenvalue weighted by Crippen LogP contribution is 2.42. The summed E-state index contributed by atoms with van der Waals surface area (Å²) < 4.78 is 0. The second-order valence-corrected chi connectivity index (χ2v) is 7.24. The van der Waals surface area contributed by atoms with Crippen molar-refractivity contribution in [2.75, 3.05) is 11.1 Å². The molecule has 110 valence electrons. The van der Waals surface area contributed by atoms with Crippen LogP contribution in [-0.2, 0) is 10.5 Å². The summed E-state index contributed by atoms with van der Waals surface area (Å²) in [6.45, 7) is 2.07. The number of anilines is 1. The summed E-state index contributed by atoms with van der Waals surface area (Å²) in [5, 5.41) is 12.6. The van der Waals surface area contributed by atoms with Crippen molar-refractivity contribution in [1.82, 2.24) is 10.2 Å². The molecule has 0 spiro atoms. The van der Waals surface area contributed by atoms with Crippen molar-refractivity contribution >= 4 is 34.1 Å². The lowest BCUT2D eigenvalue weighted by Crippen LogP contribution is -2.13. The molecule has 1 N–H and O–H groups in total. The standard InChI is InChI=1S/C15H17N3OS2/c1-10-2-4-11(5-3-10)8-20-9-13(19)16-15-18-17-14(21-15)12-6-7-12/h2-5,12H,6-9H2,1H3,(H,16,18,19). The Hall–Kier alpha value is -1.40. The van der Waals surface area contributed by atoms with Gasteiger partial charge in [0.2, 0.25) is 11.0 Å². The molecule has 1 aliphatic carbocycles. The monoisotopic (exact) mass is 319 g/mol. The molecule has 1 aromatic carbocycles. The molecular weight excluding hydrogens is 302 g/mol. The van der Waals surface area contributed by atoms with Crippen LogP contribution in [0, 0.1) is 6.92 Å². The molecular formula is C15H17N3OS2. The molecule has 6 heteroatoms. The van der Waals surface area contributed by atoms with Crippen molar-refractivity contribution in [2.45, 2.75) is 31.4 Å². The number of carbonyl (C=O) groups excluding carboxylic acids is 1. The second kappa shape index (κ2) is 6.58. The van der Waals surface area contributed by atoms with Crippen molar-refractivity contribution in [3.05, 3.63) is 40.4 Å². The van der Waals surface area contributed by atoms with Gasteiger partial charge in [0.25, 0.3) is 0 Å². The summed E-state index contributed by atoms with van der Waals surface area (Å²) in [7, 11) is 0. The van der Waals surface area contributed by atoms with E-state index >= 15 is 0 Å². The Kier molecular flexibility index (Phi) is 4.55. The number of aromatic nitrogens is 2. The molecule has 0 unspecified atom stereocenters. The van der Waals surface area contributed by atoms with Gasteiger partial charge in [-0.2, -0.15) is 0 Å². The fourth-order valence-corrected chi connectivity index (χ4v) is 3.60. The Morgan fingerprint density at radius 2 is 2.10 bits per heavy atom. The molecule has 1 heterocycles. The average molecular weight is 319 g/mol. The van der Waals surface area contributed by atoms with E-state index < -0.39 is 0 Å². The minimum Gasteiger partial charge on any atom is -0.300 e. The van der Waals surface area contributed by atoms with Gasteiger partial charge in [0, 0.05) is 11.7 Å². The number of thioether (sulfide) groups is 1. The van der Waals surface area contributed by atoms with E-state index in [0.717, 1.165) is 10.8 Å². The molecule has 0 aliphatic heterocycles. The minimum absolute atomic E-state index is 0.00870. The van der Waals surface area contributed by atoms with Gasteiger partial charge in [0.15, 0.2) is 0 Å². The Labute approximate surface area is 132 Å². The summed E-state index contributed by atoms with van der Waals surface area (Å²) >= 11 is 3.11. The summed E-state index contributed by atoms with van der Waals surface area (Å²) in [5.41, 5.74) is 2.49. The molecule has 21 heavy (non-hydrogen) atoms. The first-order valence-corrected chi connectivity index (χ1v) is 8.94. The zero-order valence-corrected chi connectivity index (χ0v) is 13.5. The maximum atomic E-state index is 11.9. The fraction of sp³-hybridized carbons (Fsp3) is 0.400. The van der Waals surface area contributed by atoms with Gasteiger partial charge in [-0.15, -0.1) is 22.0 Å². The SMILES string of the molecule is Cc1ccc(CSCC(=O)Nc2nnc(C3CC3)s2)cc1. The number of amides is 1. The number of benzene rings is 1. The molecule has 0 bridgehead atoms. The summed E-state index contributed by atoms with van der Waals surface area (Å²) in [6, 6.07) is 8.40. The molecule has 0 radical (unpaired) electrons. The van der Waals surface area contributed by atoms with Gasteiger partial charge in [-0.1, -0.05) is 41.2 Å². The Bertz CT molecular complexity index is 620. The Balaban J connectivity index is 1.42. The number of carbonyl (C=O) groups is 1. The van der Waals surface area contributed by atoms with Gasteiger partial charge < -0.3 is 0 Å². The van der Waals surface area contributed by atoms with Crippen LogP contribution >= 0.6 is 23.1 Å². The summed E-state index contributed by atoms with van der Waals surface area (Å²) in [4.78, 5) is 11.9. The van der Waals surface area contributed by atoms with Gasteiger partial charge in [-0.25, -0.2) is 0 Å². The van der Waals surface area contributed by atoms with E-state index in [1.54, 1.807) is 11.8 Å². The third kappa shape index (κ3) is 4.28. The number of aryl methyl sites for hydroxylation is 1. The number of hydrogen-bond acceptors (Lipinski definition) is 5. The van der Waals surface area contributed by atoms with Crippen LogP contribution in [0.3, 0.4) is 0 Å². The van der Waals surface area contributed by atoms with Gasteiger partial charge in [0.1, 0.15) is 5.01 Å². The van der Waals surface area contributed by atoms with Crippen LogP contribution in [0.5, 0.6) is 0 Å². The molecule has 0 saturated heterocycles. The average Bonchev–Trinajstić information content (AvgIpc) is 3.22. The molecule has 1 aromatic heterocycles. The third-order valence-electron chi connectivity index (χ3n) is 3.24. The van der Waals surface area contributed by atoms with E-state index in [0.29, 0.717) is 16.8 Å². The highest BCUT2D eigenvalue weighted by molar-refractivity contribution is 7.99. The van der Waals surface area contributed by atoms with Crippen LogP contribution in [0.2, 0.25) is 0 Å². The number of hydrogen-bond donors (Lipinski definition) is 1. The summed E-state index contributed by atoms with van der Waals surface area (Å²) in [5.74, 6) is 1.86. The molecule has 2 aromatic rings. The molecule has 1 aliphatic rings. The molecule has 1 saturated carbocycles. The number of nitrogens with one attached hydrogen (secondary N) is 1. The van der Waals surface area contributed by atoms with E-state index in [2.05, 4.69) is 46.7 Å². The summed E-state index contributed by atoms with van der Waals surface area (Å²) in [6.07, 6.45) is 2.41. The first-order valence-electron chi connectivity index (χ1n) is 6.97. The lowest BCUT2D eigenvalue weighted by molar-refractivity contribution is -0.113. The zero-order valence-electron chi connectivity index (χ0n) is 11.8. The number of rotatable bonds is 6. The van der Waals surface area contributed by atoms with Crippen molar-refractivity contribution in [2.24, 2.45) is 0 Å². The first-order chi connectivity index (χ1) is 10.2. The first kappa shape index (κ1) is 14.5. The van der Waals surface area contributed by atoms with E-state index in [1.807, 2.05) is 0 Å². The lowest BCUT2D eigenvalue weighted by atomic mass is 10.2. The van der Waals surface area contributed by atoms with Gasteiger partial charge in [0.05, 0.1) is 5.75 Å². The topological polar surface area (TPSA) is 54.9 Å². The third-order valence-corrected chi connectivity index (χ3v) is 5.24. The van der Waals surface area contributed by atoms with Crippen molar-refractivity contribution in [3.63, 3.8) is 0 Å². The zero-order chi connectivity index (χ0) is 14.7. The Morgan fingerprint density at radius 3 is 2.81 bits per heavy atom. The van der Waals surface area contributed by atoms with Gasteiger partial charge in [-0.05, 0) is 25.3 Å². The van der Waals surface area contributed by atoms with Gasteiger partial charge in [-0.3, -0.25) is 10.1 Å². The largest absolute Gasteiger partial charge is 0.300 e. The fourth-order valence-electron chi connectivity index (χ4n) is 1.88. The smallest absolute Gasteiger partial charge is 0.236 e. The van der Waals surface area contributed by atoms with Crippen LogP contribution in [0.4, 0.5) is 5.13 Å². The second-order valence-electron chi connectivity index (χ2n) is 5.25. The van der Waals surface area contributed by atoms with E-state index in [9.17, 15) is 4.79 Å². The van der Waals surface area contributed by atoms with E-state index in [4.69, 9.17) is 0 Å². The highest BCUT2D eigenvalue weighted by Gasteiger charge is 2.27. The predicted molar refractivity (Wildman–Crippen MR) is 87.9 cm³/mol. The predicted octanol–water partition coefficient (Wildman–Crippen LogP) is 3.60. The van der Waals surface area contributed by atoms with Crippen LogP contribution < -0.4 is 5.32 Å². The molecule has 4 nitrogen and oxygen atoms in total. The molecule has 1 fully saturated rings. The molecule has 0 atom stereocenters. The molecule has 3 rings (SSSR count). The van der Waals surface area contributed by atoms with Crippen molar-refractivity contribution in [3.8, 4) is 0 Å². The maximum absolute atomic E-state index is 11.9. The van der Waals surface area contributed by atoms with Crippen LogP contribution in [0.25, 0.3) is 0 Å². The number of nitrogens with zero attached hydrogens (tertiary/aromatic N) is 2. The Morgan fingerprint density at radius 1 is 1.33 bits per heavy atom. The van der Waals surface area contributed by atoms with Crippen LogP contribution in [-0.4, -0.2) is 21.9 Å². The maximum Gasteiger partial charge on any atom is 0.236 e. The minimum atomic E-state index is -0.00870. The normalized spacial score (nSPS) is 14.1. The van der Waals surface area contributed by atoms with Crippen LogP contribution in [0.1, 0.15) is 34.9 Å². The van der Waals surface area contributed by atoms with E-state index in [-0.39, 0.29) is 5.91 Å². The quantitative estimate of drug-likeness (QED) is 0.884. The van der Waals surface area contributed by atoms with E-state index in [1.165, 1.54) is 35.3 Å². The van der Waals surface area contributed by atoms with Crippen molar-refractivity contribution < 1.29 is 4.79 Å². The highest BCUT2D eigenvalue weighted by atomic mass is 32.2. The van der Waals surface area contributed by atoms with Gasteiger partial charge >= 0.3 is 0 Å². The molecule has 1 amide bonds. The lowest BCUT2D eigenvalue weighted by Gasteiger charge is -2.02.